The lowest BCUT2D eigenvalue weighted by molar-refractivity contribution is -0.136. The topological polar surface area (TPSA) is 83.0 Å². The van der Waals surface area contributed by atoms with Gasteiger partial charge in [-0.25, -0.2) is 0 Å². The molecule has 7 nitrogen and oxygen atoms in total. The average molecular weight is 429 g/mol. The Labute approximate surface area is 185 Å². The summed E-state index contributed by atoms with van der Waals surface area (Å²) in [4.78, 5) is 33.0. The molecule has 5 rings (SSSR count). The van der Waals surface area contributed by atoms with Crippen molar-refractivity contribution in [2.45, 2.75) is 25.3 Å². The molecule has 7 heteroatoms. The zero-order valence-electron chi connectivity index (χ0n) is 17.5. The fourth-order valence-electron chi connectivity index (χ4n) is 4.16. The number of hydrogen-bond donors (Lipinski definition) is 1. The van der Waals surface area contributed by atoms with E-state index in [0.29, 0.717) is 35.2 Å². The van der Waals surface area contributed by atoms with Crippen molar-refractivity contribution < 1.29 is 19.4 Å². The predicted molar refractivity (Wildman–Crippen MR) is 121 cm³/mol. The molecule has 1 aliphatic carbocycles. The van der Waals surface area contributed by atoms with Crippen LogP contribution in [0.5, 0.6) is 11.5 Å². The standard InChI is InChI=1S/C25H23N3O4/c29-24(30)15-17-4-3-5-19(14-17)32-23-10-11-26-16-20(23)25(31)28-13-12-27(18-8-9-18)21-6-1-2-7-22(21)28/h1-7,10-11,14,16,18H,8-9,12-13,15H2,(H,29,30). The van der Waals surface area contributed by atoms with Crippen LogP contribution >= 0.6 is 0 Å². The lowest BCUT2D eigenvalue weighted by atomic mass is 10.1. The van der Waals surface area contributed by atoms with E-state index in [0.717, 1.165) is 17.9 Å². The highest BCUT2D eigenvalue weighted by Crippen LogP contribution is 2.40. The minimum atomic E-state index is -0.911. The van der Waals surface area contributed by atoms with E-state index in [4.69, 9.17) is 9.84 Å². The number of aliphatic carboxylic acids is 1. The molecule has 3 aromatic rings. The number of pyridine rings is 1. The maximum Gasteiger partial charge on any atom is 0.307 e. The Kier molecular flexibility index (Phi) is 5.23. The maximum absolute atomic E-state index is 13.6. The number of aromatic nitrogens is 1. The van der Waals surface area contributed by atoms with E-state index in [2.05, 4.69) is 16.0 Å². The van der Waals surface area contributed by atoms with Crippen molar-refractivity contribution in [2.24, 2.45) is 0 Å². The van der Waals surface area contributed by atoms with Gasteiger partial charge in [0, 0.05) is 31.5 Å². The summed E-state index contributed by atoms with van der Waals surface area (Å²) in [5.74, 6) is -0.217. The van der Waals surface area contributed by atoms with Crippen LogP contribution in [0.4, 0.5) is 11.4 Å². The molecule has 32 heavy (non-hydrogen) atoms. The molecule has 1 N–H and O–H groups in total. The molecule has 0 spiro atoms. The van der Waals surface area contributed by atoms with Gasteiger partial charge in [0.1, 0.15) is 17.1 Å². The third-order valence-corrected chi connectivity index (χ3v) is 5.77. The van der Waals surface area contributed by atoms with Crippen LogP contribution in [0.2, 0.25) is 0 Å². The van der Waals surface area contributed by atoms with E-state index in [1.54, 1.807) is 41.4 Å². The second-order valence-corrected chi connectivity index (χ2v) is 8.06. The fourth-order valence-corrected chi connectivity index (χ4v) is 4.16. The van der Waals surface area contributed by atoms with Gasteiger partial charge in [-0.15, -0.1) is 0 Å². The van der Waals surface area contributed by atoms with Crippen molar-refractivity contribution in [3.05, 3.63) is 78.1 Å². The van der Waals surface area contributed by atoms with Crippen LogP contribution in [0.15, 0.2) is 67.0 Å². The number of carboxylic acid groups (broad SMARTS) is 1. The van der Waals surface area contributed by atoms with Crippen molar-refractivity contribution in [3.63, 3.8) is 0 Å². The van der Waals surface area contributed by atoms with Gasteiger partial charge in [0.2, 0.25) is 0 Å². The number of carboxylic acids is 1. The van der Waals surface area contributed by atoms with Gasteiger partial charge >= 0.3 is 5.97 Å². The van der Waals surface area contributed by atoms with Gasteiger partial charge < -0.3 is 19.6 Å². The molecule has 2 aromatic carbocycles. The molecule has 1 saturated carbocycles. The Hall–Kier alpha value is -3.87. The first-order chi connectivity index (χ1) is 15.6. The number of para-hydroxylation sites is 2. The van der Waals surface area contributed by atoms with Crippen LogP contribution in [-0.2, 0) is 11.2 Å². The number of anilines is 2. The van der Waals surface area contributed by atoms with E-state index >= 15 is 0 Å². The molecule has 1 aliphatic heterocycles. The zero-order chi connectivity index (χ0) is 22.1. The third-order valence-electron chi connectivity index (χ3n) is 5.77. The number of ether oxygens (including phenoxy) is 1. The minimum Gasteiger partial charge on any atom is -0.481 e. The normalized spacial score (nSPS) is 15.2. The molecule has 0 unspecified atom stereocenters. The van der Waals surface area contributed by atoms with Crippen LogP contribution in [0.3, 0.4) is 0 Å². The fraction of sp³-hybridized carbons (Fsp3) is 0.240. The minimum absolute atomic E-state index is 0.0958. The quantitative estimate of drug-likeness (QED) is 0.634. The van der Waals surface area contributed by atoms with Crippen LogP contribution in [0.1, 0.15) is 28.8 Å². The second kappa shape index (κ2) is 8.34. The van der Waals surface area contributed by atoms with Crippen LogP contribution in [0.25, 0.3) is 0 Å². The van der Waals surface area contributed by atoms with Gasteiger partial charge in [-0.2, -0.15) is 0 Å². The SMILES string of the molecule is O=C(O)Cc1cccc(Oc2ccncc2C(=O)N2CCN(C3CC3)c3ccccc32)c1. The summed E-state index contributed by atoms with van der Waals surface area (Å²) in [5, 5.41) is 9.04. The summed E-state index contributed by atoms with van der Waals surface area (Å²) in [5.41, 5.74) is 2.98. The van der Waals surface area contributed by atoms with Gasteiger partial charge in [0.25, 0.3) is 5.91 Å². The Morgan fingerprint density at radius 3 is 2.62 bits per heavy atom. The summed E-state index contributed by atoms with van der Waals surface area (Å²) in [6, 6.07) is 17.1. The maximum atomic E-state index is 13.6. The Morgan fingerprint density at radius 2 is 1.84 bits per heavy atom. The van der Waals surface area contributed by atoms with Crippen molar-refractivity contribution in [2.75, 3.05) is 22.9 Å². The molecule has 1 amide bonds. The third kappa shape index (κ3) is 4.01. The largest absolute Gasteiger partial charge is 0.481 e. The molecule has 0 bridgehead atoms. The summed E-state index contributed by atoms with van der Waals surface area (Å²) < 4.78 is 6.01. The number of nitrogens with zero attached hydrogens (tertiary/aromatic N) is 3. The molecular weight excluding hydrogens is 406 g/mol. The molecule has 2 aliphatic rings. The van der Waals surface area contributed by atoms with Crippen LogP contribution in [-0.4, -0.2) is 41.1 Å². The number of carbonyl (C=O) groups is 2. The van der Waals surface area contributed by atoms with Gasteiger partial charge in [-0.3, -0.25) is 14.6 Å². The summed E-state index contributed by atoms with van der Waals surface area (Å²) in [6.45, 7) is 1.38. The van der Waals surface area contributed by atoms with Gasteiger partial charge in [-0.05, 0) is 48.7 Å². The lowest BCUT2D eigenvalue weighted by Gasteiger charge is -2.38. The lowest BCUT2D eigenvalue weighted by Crippen LogP contribution is -2.45. The first-order valence-corrected chi connectivity index (χ1v) is 10.7. The highest BCUT2D eigenvalue weighted by Gasteiger charge is 2.36. The van der Waals surface area contributed by atoms with Gasteiger partial charge in [0.15, 0.2) is 0 Å². The molecule has 1 fully saturated rings. The first kappa shape index (κ1) is 20.1. The molecule has 0 saturated heterocycles. The number of carbonyl (C=O) groups excluding carboxylic acids is 1. The molecule has 0 radical (unpaired) electrons. The number of rotatable bonds is 6. The smallest absolute Gasteiger partial charge is 0.307 e. The summed E-state index contributed by atoms with van der Waals surface area (Å²) in [7, 11) is 0. The summed E-state index contributed by atoms with van der Waals surface area (Å²) >= 11 is 0. The summed E-state index contributed by atoms with van der Waals surface area (Å²) in [6.07, 6.45) is 5.40. The molecule has 162 valence electrons. The predicted octanol–water partition coefficient (Wildman–Crippen LogP) is 4.13. The van der Waals surface area contributed by atoms with Crippen LogP contribution in [0, 0.1) is 0 Å². The van der Waals surface area contributed by atoms with Crippen molar-refractivity contribution in [3.8, 4) is 11.5 Å². The van der Waals surface area contributed by atoms with Crippen molar-refractivity contribution in [1.82, 2.24) is 4.98 Å². The second-order valence-electron chi connectivity index (χ2n) is 8.06. The molecule has 0 atom stereocenters. The highest BCUT2D eigenvalue weighted by atomic mass is 16.5. The molecule has 2 heterocycles. The van der Waals surface area contributed by atoms with E-state index in [9.17, 15) is 9.59 Å². The molecule has 1 aromatic heterocycles. The number of benzene rings is 2. The van der Waals surface area contributed by atoms with Crippen molar-refractivity contribution >= 4 is 23.3 Å². The van der Waals surface area contributed by atoms with E-state index in [1.807, 2.05) is 18.2 Å². The Morgan fingerprint density at radius 1 is 1.03 bits per heavy atom. The van der Waals surface area contributed by atoms with Gasteiger partial charge in [-0.1, -0.05) is 24.3 Å². The van der Waals surface area contributed by atoms with Crippen molar-refractivity contribution in [1.29, 1.82) is 0 Å². The Bertz CT molecular complexity index is 1180. The van der Waals surface area contributed by atoms with E-state index in [1.165, 1.54) is 19.0 Å². The van der Waals surface area contributed by atoms with E-state index in [-0.39, 0.29) is 12.3 Å². The van der Waals surface area contributed by atoms with E-state index < -0.39 is 5.97 Å². The number of amides is 1. The zero-order valence-corrected chi connectivity index (χ0v) is 17.5. The highest BCUT2D eigenvalue weighted by molar-refractivity contribution is 6.09. The molecular formula is C25H23N3O4. The Balaban J connectivity index is 1.43. The van der Waals surface area contributed by atoms with Gasteiger partial charge in [0.05, 0.1) is 17.8 Å². The number of hydrogen-bond acceptors (Lipinski definition) is 5. The van der Waals surface area contributed by atoms with Crippen LogP contribution < -0.4 is 14.5 Å². The number of fused-ring (bicyclic) bond motifs is 1. The monoisotopic (exact) mass is 429 g/mol. The average Bonchev–Trinajstić information content (AvgIpc) is 3.63. The first-order valence-electron chi connectivity index (χ1n) is 10.7.